The Morgan fingerprint density at radius 2 is 1.90 bits per heavy atom. The number of nitrogens with two attached hydrogens (primary N) is 1. The van der Waals surface area contributed by atoms with Gasteiger partial charge in [-0.25, -0.2) is 9.21 Å². The number of halogens is 1. The summed E-state index contributed by atoms with van der Waals surface area (Å²) in [5.74, 6) is -2.64. The lowest BCUT2D eigenvalue weighted by molar-refractivity contribution is -0.145. The molecule has 0 spiro atoms. The lowest BCUT2D eigenvalue weighted by Gasteiger charge is -2.26. The van der Waals surface area contributed by atoms with Crippen molar-refractivity contribution in [3.05, 3.63) is 0 Å². The molecule has 0 aliphatic rings. The lowest BCUT2D eigenvalue weighted by atomic mass is 10.1. The number of carbonyl (C=O) groups excluding carboxylic acids is 2. The topological polar surface area (TPSA) is 133 Å². The molecule has 0 aromatic heterocycles. The normalized spacial score (nSPS) is 14.9. The molecule has 0 saturated carbocycles. The molecule has 0 aromatic carbocycles. The number of carboxylic acids is 1. The van der Waals surface area contributed by atoms with Crippen LogP contribution >= 0.6 is 11.8 Å². The molecule has 122 valence electrons. The van der Waals surface area contributed by atoms with Gasteiger partial charge >= 0.3 is 5.97 Å². The predicted octanol–water partition coefficient (Wildman–Crippen LogP) is -0.563. The minimum atomic E-state index is -1.47. The molecule has 0 heterocycles. The fourth-order valence-corrected chi connectivity index (χ4v) is 1.87. The SMILES string of the molecule is CC(=O)N(Cl)[C@@H](CCCCN)C(=O)N[C@H](C(=O)O)[C@@H](C)O. The van der Waals surface area contributed by atoms with E-state index in [0.29, 0.717) is 19.4 Å². The molecule has 0 fully saturated rings. The third-order valence-corrected chi connectivity index (χ3v) is 3.33. The van der Waals surface area contributed by atoms with Crippen LogP contribution in [0.3, 0.4) is 0 Å². The van der Waals surface area contributed by atoms with Gasteiger partial charge in [-0.15, -0.1) is 0 Å². The zero-order valence-electron chi connectivity index (χ0n) is 12.1. The highest BCUT2D eigenvalue weighted by atomic mass is 35.5. The highest BCUT2D eigenvalue weighted by Gasteiger charge is 2.32. The molecule has 8 nitrogen and oxygen atoms in total. The van der Waals surface area contributed by atoms with E-state index < -0.39 is 36.0 Å². The lowest BCUT2D eigenvalue weighted by Crippen LogP contribution is -2.53. The standard InChI is InChI=1S/C12H22ClN3O5/c1-7(17)10(12(20)21)15-11(19)9(5-3-4-6-14)16(13)8(2)18/h7,9-10,17H,3-6,14H2,1-2H3,(H,15,19)(H,20,21)/t7-,9+,10+/m1/s1. The molecule has 2 amide bonds. The Balaban J connectivity index is 4.92. The van der Waals surface area contributed by atoms with Gasteiger partial charge in [0.2, 0.25) is 11.8 Å². The maximum absolute atomic E-state index is 12.1. The van der Waals surface area contributed by atoms with E-state index in [-0.39, 0.29) is 6.42 Å². The number of nitrogens with one attached hydrogen (secondary N) is 1. The third kappa shape index (κ3) is 6.74. The molecule has 0 bridgehead atoms. The molecular weight excluding hydrogens is 302 g/mol. The molecule has 0 aliphatic heterocycles. The summed E-state index contributed by atoms with van der Waals surface area (Å²) >= 11 is 5.78. The Hall–Kier alpha value is -1.38. The minimum Gasteiger partial charge on any atom is -0.480 e. The Labute approximate surface area is 128 Å². The maximum Gasteiger partial charge on any atom is 0.328 e. The van der Waals surface area contributed by atoms with E-state index in [1.807, 2.05) is 0 Å². The summed E-state index contributed by atoms with van der Waals surface area (Å²) in [4.78, 5) is 34.4. The number of aliphatic hydroxyl groups excluding tert-OH is 1. The number of carboxylic acid groups (broad SMARTS) is 1. The van der Waals surface area contributed by atoms with Gasteiger partial charge in [0, 0.05) is 18.7 Å². The van der Waals surface area contributed by atoms with E-state index in [2.05, 4.69) is 5.32 Å². The van der Waals surface area contributed by atoms with Gasteiger partial charge in [-0.2, -0.15) is 0 Å². The van der Waals surface area contributed by atoms with E-state index in [1.165, 1.54) is 13.8 Å². The minimum absolute atomic E-state index is 0.248. The van der Waals surface area contributed by atoms with Crippen LogP contribution in [0.1, 0.15) is 33.1 Å². The van der Waals surface area contributed by atoms with Gasteiger partial charge in [-0.1, -0.05) is 0 Å². The summed E-state index contributed by atoms with van der Waals surface area (Å²) in [6.45, 7) is 2.87. The number of aliphatic carboxylic acids is 1. The van der Waals surface area contributed by atoms with Gasteiger partial charge in [0.05, 0.1) is 6.10 Å². The number of rotatable bonds is 9. The van der Waals surface area contributed by atoms with Crippen molar-refractivity contribution in [3.63, 3.8) is 0 Å². The first-order valence-corrected chi connectivity index (χ1v) is 6.93. The Morgan fingerprint density at radius 3 is 2.29 bits per heavy atom. The number of hydrogen-bond acceptors (Lipinski definition) is 5. The summed E-state index contributed by atoms with van der Waals surface area (Å²) in [5.41, 5.74) is 5.36. The first-order valence-electron chi connectivity index (χ1n) is 6.59. The van der Waals surface area contributed by atoms with Crippen LogP contribution in [0, 0.1) is 0 Å². The summed E-state index contributed by atoms with van der Waals surface area (Å²) < 4.78 is 0.729. The fourth-order valence-electron chi connectivity index (χ4n) is 1.69. The van der Waals surface area contributed by atoms with E-state index in [0.717, 1.165) is 4.42 Å². The van der Waals surface area contributed by atoms with Crippen LogP contribution < -0.4 is 11.1 Å². The summed E-state index contributed by atoms with van der Waals surface area (Å²) in [6, 6.07) is -2.48. The number of carbonyl (C=O) groups is 3. The van der Waals surface area contributed by atoms with Crippen LogP contribution in [0.5, 0.6) is 0 Å². The van der Waals surface area contributed by atoms with Crippen molar-refractivity contribution < 1.29 is 24.6 Å². The van der Waals surface area contributed by atoms with Gasteiger partial charge < -0.3 is 21.3 Å². The van der Waals surface area contributed by atoms with Crippen molar-refractivity contribution in [2.75, 3.05) is 6.54 Å². The zero-order valence-corrected chi connectivity index (χ0v) is 12.8. The Morgan fingerprint density at radius 1 is 1.33 bits per heavy atom. The zero-order chi connectivity index (χ0) is 16.6. The summed E-state index contributed by atoms with van der Waals surface area (Å²) in [5, 5.41) is 20.5. The number of amides is 2. The summed E-state index contributed by atoms with van der Waals surface area (Å²) in [7, 11) is 0. The van der Waals surface area contributed by atoms with Crippen LogP contribution in [0.15, 0.2) is 0 Å². The molecule has 0 aliphatic carbocycles. The Kier molecular flexibility index (Phi) is 8.91. The van der Waals surface area contributed by atoms with Crippen molar-refractivity contribution in [1.82, 2.24) is 9.74 Å². The van der Waals surface area contributed by atoms with Crippen molar-refractivity contribution >= 4 is 29.6 Å². The first-order chi connectivity index (χ1) is 9.72. The third-order valence-electron chi connectivity index (χ3n) is 2.86. The van der Waals surface area contributed by atoms with Gasteiger partial charge in [0.25, 0.3) is 0 Å². The smallest absolute Gasteiger partial charge is 0.328 e. The van der Waals surface area contributed by atoms with E-state index in [4.69, 9.17) is 22.6 Å². The highest BCUT2D eigenvalue weighted by Crippen LogP contribution is 2.13. The predicted molar refractivity (Wildman–Crippen MR) is 76.3 cm³/mol. The van der Waals surface area contributed by atoms with Gasteiger partial charge in [0.1, 0.15) is 6.04 Å². The second kappa shape index (κ2) is 9.54. The van der Waals surface area contributed by atoms with Crippen LogP contribution in [0.25, 0.3) is 0 Å². The molecule has 21 heavy (non-hydrogen) atoms. The van der Waals surface area contributed by atoms with Gasteiger partial charge in [0.15, 0.2) is 6.04 Å². The van der Waals surface area contributed by atoms with Crippen LogP contribution in [0.2, 0.25) is 0 Å². The molecule has 5 N–H and O–H groups in total. The van der Waals surface area contributed by atoms with Crippen molar-refractivity contribution in [2.45, 2.75) is 51.3 Å². The maximum atomic E-state index is 12.1. The average molecular weight is 324 g/mol. The number of unbranched alkanes of at least 4 members (excludes halogenated alkanes) is 1. The monoisotopic (exact) mass is 323 g/mol. The second-order valence-corrected chi connectivity index (χ2v) is 5.06. The summed E-state index contributed by atoms with van der Waals surface area (Å²) in [6.07, 6.45) is 0.165. The van der Waals surface area contributed by atoms with E-state index >= 15 is 0 Å². The molecule has 0 saturated heterocycles. The number of nitrogens with zero attached hydrogens (tertiary/aromatic N) is 1. The van der Waals surface area contributed by atoms with Gasteiger partial charge in [-0.05, 0) is 32.7 Å². The molecule has 0 radical (unpaired) electrons. The molecule has 9 heteroatoms. The van der Waals surface area contributed by atoms with Crippen LogP contribution in [-0.4, -0.2) is 57.1 Å². The van der Waals surface area contributed by atoms with Crippen LogP contribution in [0.4, 0.5) is 0 Å². The largest absolute Gasteiger partial charge is 0.480 e. The Bertz CT molecular complexity index is 378. The average Bonchev–Trinajstić information content (AvgIpc) is 2.39. The quantitative estimate of drug-likeness (QED) is 0.332. The molecule has 3 atom stereocenters. The van der Waals surface area contributed by atoms with Gasteiger partial charge in [-0.3, -0.25) is 9.59 Å². The fraction of sp³-hybridized carbons (Fsp3) is 0.750. The molecule has 0 rings (SSSR count). The first kappa shape index (κ1) is 19.6. The molecule has 0 aromatic rings. The van der Waals surface area contributed by atoms with Crippen molar-refractivity contribution in [2.24, 2.45) is 5.73 Å². The number of hydrogen-bond donors (Lipinski definition) is 4. The highest BCUT2D eigenvalue weighted by molar-refractivity contribution is 6.22. The van der Waals surface area contributed by atoms with Crippen molar-refractivity contribution in [3.8, 4) is 0 Å². The van der Waals surface area contributed by atoms with E-state index in [9.17, 15) is 19.5 Å². The second-order valence-electron chi connectivity index (χ2n) is 4.70. The number of aliphatic hydroxyl groups is 1. The molecule has 0 unspecified atom stereocenters. The van der Waals surface area contributed by atoms with E-state index in [1.54, 1.807) is 0 Å². The van der Waals surface area contributed by atoms with Crippen LogP contribution in [-0.2, 0) is 14.4 Å². The van der Waals surface area contributed by atoms with Crippen molar-refractivity contribution in [1.29, 1.82) is 0 Å². The molecular formula is C12H22ClN3O5.